The summed E-state index contributed by atoms with van der Waals surface area (Å²) in [5.41, 5.74) is 0.392. The molecule has 0 bridgehead atoms. The monoisotopic (exact) mass is 283 g/mol. The van der Waals surface area contributed by atoms with Gasteiger partial charge in [-0.1, -0.05) is 13.0 Å². The number of hydrogen-bond acceptors (Lipinski definition) is 4. The van der Waals surface area contributed by atoms with Crippen molar-refractivity contribution in [3.63, 3.8) is 0 Å². The zero-order valence-electron chi connectivity index (χ0n) is 11.6. The van der Waals surface area contributed by atoms with Crippen LogP contribution in [0.2, 0.25) is 0 Å². The van der Waals surface area contributed by atoms with E-state index < -0.39 is 10.8 Å². The maximum absolute atomic E-state index is 11.9. The van der Waals surface area contributed by atoms with Crippen molar-refractivity contribution in [2.24, 2.45) is 0 Å². The first-order valence-corrected chi connectivity index (χ1v) is 7.98. The van der Waals surface area contributed by atoms with Crippen LogP contribution in [0.15, 0.2) is 18.2 Å². The molecule has 1 rings (SSSR count). The third kappa shape index (κ3) is 5.38. The van der Waals surface area contributed by atoms with Crippen molar-refractivity contribution >= 4 is 22.5 Å². The highest BCUT2D eigenvalue weighted by Crippen LogP contribution is 2.04. The topological polar surface area (TPSA) is 71.1 Å². The summed E-state index contributed by atoms with van der Waals surface area (Å²) in [7, 11) is -0.853. The Morgan fingerprint density at radius 3 is 2.84 bits per heavy atom. The van der Waals surface area contributed by atoms with Gasteiger partial charge in [0.25, 0.3) is 5.91 Å². The Bertz CT molecular complexity index is 451. The van der Waals surface area contributed by atoms with Gasteiger partial charge in [0, 0.05) is 35.4 Å². The van der Waals surface area contributed by atoms with Gasteiger partial charge in [-0.3, -0.25) is 9.00 Å². The number of pyridine rings is 1. The van der Waals surface area contributed by atoms with Gasteiger partial charge in [0.05, 0.1) is 0 Å². The van der Waals surface area contributed by atoms with E-state index in [1.165, 1.54) is 0 Å². The fraction of sp³-hybridized carbons (Fsp3) is 0.538. The van der Waals surface area contributed by atoms with E-state index in [0.29, 0.717) is 24.5 Å². The van der Waals surface area contributed by atoms with E-state index in [-0.39, 0.29) is 11.2 Å². The number of rotatable bonds is 7. The maximum Gasteiger partial charge on any atom is 0.269 e. The smallest absolute Gasteiger partial charge is 0.269 e. The molecule has 5 nitrogen and oxygen atoms in total. The zero-order valence-corrected chi connectivity index (χ0v) is 12.4. The molecule has 6 heteroatoms. The largest absolute Gasteiger partial charge is 0.370 e. The Kier molecular flexibility index (Phi) is 6.49. The molecular formula is C13H21N3O2S. The summed E-state index contributed by atoms with van der Waals surface area (Å²) in [6, 6.07) is 5.30. The van der Waals surface area contributed by atoms with Crippen molar-refractivity contribution in [3.05, 3.63) is 23.9 Å². The van der Waals surface area contributed by atoms with Crippen molar-refractivity contribution in [2.45, 2.75) is 25.5 Å². The minimum absolute atomic E-state index is 0.0846. The number of hydrogen-bond donors (Lipinski definition) is 2. The van der Waals surface area contributed by atoms with Crippen LogP contribution in [-0.2, 0) is 10.8 Å². The zero-order chi connectivity index (χ0) is 14.3. The lowest BCUT2D eigenvalue weighted by atomic mass is 10.3. The van der Waals surface area contributed by atoms with Crippen molar-refractivity contribution in [3.8, 4) is 0 Å². The predicted octanol–water partition coefficient (Wildman–Crippen LogP) is 1.40. The summed E-state index contributed by atoms with van der Waals surface area (Å²) in [5, 5.41) is 5.94. The van der Waals surface area contributed by atoms with Crippen LogP contribution in [0.4, 0.5) is 5.82 Å². The van der Waals surface area contributed by atoms with Gasteiger partial charge in [-0.05, 0) is 25.5 Å². The highest BCUT2D eigenvalue weighted by Gasteiger charge is 2.10. The van der Waals surface area contributed by atoms with Crippen LogP contribution < -0.4 is 10.6 Å². The summed E-state index contributed by atoms with van der Waals surface area (Å²) in [6.45, 7) is 5.15. The number of nitrogens with zero attached hydrogens (tertiary/aromatic N) is 1. The second kappa shape index (κ2) is 7.89. The van der Waals surface area contributed by atoms with Crippen LogP contribution in [0.25, 0.3) is 0 Å². The second-order valence-electron chi connectivity index (χ2n) is 4.29. The lowest BCUT2D eigenvalue weighted by Crippen LogP contribution is -2.28. The lowest BCUT2D eigenvalue weighted by Gasteiger charge is -2.09. The van der Waals surface area contributed by atoms with Gasteiger partial charge in [0.1, 0.15) is 11.5 Å². The Balaban J connectivity index is 2.49. The minimum Gasteiger partial charge on any atom is -0.370 e. The average molecular weight is 283 g/mol. The van der Waals surface area contributed by atoms with Crippen LogP contribution in [0.3, 0.4) is 0 Å². The van der Waals surface area contributed by atoms with Gasteiger partial charge in [0.2, 0.25) is 0 Å². The molecule has 0 spiro atoms. The standard InChI is InChI=1S/C13H21N3O2S/c1-4-14-12-7-5-6-11(16-12)13(17)15-9-8-10(2)19(3)18/h5-7,10H,4,8-9H2,1-3H3,(H,14,16)(H,15,17). The molecule has 0 saturated carbocycles. The molecule has 0 fully saturated rings. The third-order valence-corrected chi connectivity index (χ3v) is 4.11. The van der Waals surface area contributed by atoms with Crippen LogP contribution in [-0.4, -0.2) is 39.7 Å². The molecule has 0 saturated heterocycles. The van der Waals surface area contributed by atoms with Gasteiger partial charge in [-0.15, -0.1) is 0 Å². The lowest BCUT2D eigenvalue weighted by molar-refractivity contribution is 0.0948. The fourth-order valence-corrected chi connectivity index (χ4v) is 1.94. The SMILES string of the molecule is CCNc1cccc(C(=O)NCCC(C)S(C)=O)n1. The molecule has 0 aliphatic rings. The molecule has 1 heterocycles. The molecule has 0 radical (unpaired) electrons. The number of aromatic nitrogens is 1. The minimum atomic E-state index is -0.853. The van der Waals surface area contributed by atoms with Crippen molar-refractivity contribution in [1.29, 1.82) is 0 Å². The summed E-state index contributed by atoms with van der Waals surface area (Å²) >= 11 is 0. The molecule has 2 unspecified atom stereocenters. The molecular weight excluding hydrogens is 262 g/mol. The van der Waals surface area contributed by atoms with Gasteiger partial charge in [-0.25, -0.2) is 4.98 Å². The first-order chi connectivity index (χ1) is 9.04. The summed E-state index contributed by atoms with van der Waals surface area (Å²) in [5.74, 6) is 0.493. The van der Waals surface area contributed by atoms with E-state index >= 15 is 0 Å². The van der Waals surface area contributed by atoms with E-state index in [2.05, 4.69) is 15.6 Å². The molecule has 0 aliphatic carbocycles. The Morgan fingerprint density at radius 2 is 2.21 bits per heavy atom. The molecule has 1 amide bonds. The summed E-state index contributed by atoms with van der Waals surface area (Å²) in [4.78, 5) is 16.1. The number of carbonyl (C=O) groups excluding carboxylic acids is 1. The molecule has 19 heavy (non-hydrogen) atoms. The molecule has 106 valence electrons. The molecule has 0 aliphatic heterocycles. The quantitative estimate of drug-likeness (QED) is 0.793. The van der Waals surface area contributed by atoms with Crippen molar-refractivity contribution in [1.82, 2.24) is 10.3 Å². The molecule has 2 atom stereocenters. The number of carbonyl (C=O) groups is 1. The number of anilines is 1. The highest BCUT2D eigenvalue weighted by molar-refractivity contribution is 7.84. The van der Waals surface area contributed by atoms with Crippen LogP contribution in [0, 0.1) is 0 Å². The highest BCUT2D eigenvalue weighted by atomic mass is 32.2. The van der Waals surface area contributed by atoms with Crippen LogP contribution in [0.1, 0.15) is 30.8 Å². The van der Waals surface area contributed by atoms with E-state index in [1.54, 1.807) is 18.4 Å². The van der Waals surface area contributed by atoms with Crippen LogP contribution in [0.5, 0.6) is 0 Å². The Hall–Kier alpha value is -1.43. The predicted molar refractivity (Wildman–Crippen MR) is 78.9 cm³/mol. The van der Waals surface area contributed by atoms with Crippen molar-refractivity contribution < 1.29 is 9.00 Å². The van der Waals surface area contributed by atoms with Gasteiger partial charge in [-0.2, -0.15) is 0 Å². The van der Waals surface area contributed by atoms with E-state index in [1.807, 2.05) is 19.9 Å². The average Bonchev–Trinajstić information content (AvgIpc) is 2.39. The number of nitrogens with one attached hydrogen (secondary N) is 2. The van der Waals surface area contributed by atoms with Crippen LogP contribution >= 0.6 is 0 Å². The first kappa shape index (κ1) is 15.6. The summed E-state index contributed by atoms with van der Waals surface area (Å²) in [6.07, 6.45) is 2.37. The molecule has 1 aromatic heterocycles. The van der Waals surface area contributed by atoms with E-state index in [4.69, 9.17) is 0 Å². The Labute approximate surface area is 116 Å². The summed E-state index contributed by atoms with van der Waals surface area (Å²) < 4.78 is 11.2. The normalized spacial score (nSPS) is 13.6. The third-order valence-electron chi connectivity index (χ3n) is 2.74. The van der Waals surface area contributed by atoms with Gasteiger partial charge < -0.3 is 10.6 Å². The fourth-order valence-electron chi connectivity index (χ4n) is 1.49. The Morgan fingerprint density at radius 1 is 1.47 bits per heavy atom. The van der Waals surface area contributed by atoms with Crippen molar-refractivity contribution in [2.75, 3.05) is 24.7 Å². The van der Waals surface area contributed by atoms with Gasteiger partial charge >= 0.3 is 0 Å². The number of amides is 1. The molecule has 1 aromatic rings. The molecule has 0 aromatic carbocycles. The van der Waals surface area contributed by atoms with E-state index in [0.717, 1.165) is 6.54 Å². The second-order valence-corrected chi connectivity index (χ2v) is 6.09. The van der Waals surface area contributed by atoms with Gasteiger partial charge in [0.15, 0.2) is 0 Å². The first-order valence-electron chi connectivity index (χ1n) is 6.36. The molecule has 2 N–H and O–H groups in total. The van der Waals surface area contributed by atoms with E-state index in [9.17, 15) is 9.00 Å². The maximum atomic E-state index is 11.9.